The number of nitrogens with zero attached hydrogens (tertiary/aromatic N) is 1. The van der Waals surface area contributed by atoms with E-state index in [1.165, 1.54) is 0 Å². The summed E-state index contributed by atoms with van der Waals surface area (Å²) in [6.45, 7) is 6.40. The summed E-state index contributed by atoms with van der Waals surface area (Å²) >= 11 is 6.15. The second-order valence-electron chi connectivity index (χ2n) is 5.99. The number of ether oxygens (including phenoxy) is 1. The molecule has 0 radical (unpaired) electrons. The number of anilines is 2. The minimum atomic E-state index is -0.549. The molecule has 0 unspecified atom stereocenters. The molecule has 2 aromatic carbocycles. The molecule has 1 N–H and O–H groups in total. The van der Waals surface area contributed by atoms with E-state index in [9.17, 15) is 9.59 Å². The van der Waals surface area contributed by atoms with Crippen LogP contribution in [0.3, 0.4) is 0 Å². The van der Waals surface area contributed by atoms with Crippen molar-refractivity contribution in [2.75, 3.05) is 16.8 Å². The Morgan fingerprint density at radius 2 is 1.69 bits per heavy atom. The lowest BCUT2D eigenvalue weighted by Crippen LogP contribution is -2.32. The van der Waals surface area contributed by atoms with E-state index in [0.717, 1.165) is 16.0 Å². The number of nitrogens with one attached hydrogen (secondary N) is 1. The van der Waals surface area contributed by atoms with E-state index < -0.39 is 11.8 Å². The number of aryl methyl sites for hydroxylation is 2. The topological polar surface area (TPSA) is 58.6 Å². The van der Waals surface area contributed by atoms with Crippen molar-refractivity contribution in [3.05, 3.63) is 64.3 Å². The van der Waals surface area contributed by atoms with Gasteiger partial charge in [0.05, 0.1) is 12.3 Å². The molecule has 0 spiro atoms. The number of amides is 2. The van der Waals surface area contributed by atoms with Crippen LogP contribution >= 0.6 is 11.6 Å². The van der Waals surface area contributed by atoms with Crippen LogP contribution in [0.1, 0.15) is 18.1 Å². The Labute approximate surface area is 157 Å². The minimum Gasteiger partial charge on any atom is -0.494 e. The quantitative estimate of drug-likeness (QED) is 0.804. The molecule has 1 aliphatic heterocycles. The third-order valence-corrected chi connectivity index (χ3v) is 4.56. The Bertz CT molecular complexity index is 904. The summed E-state index contributed by atoms with van der Waals surface area (Å²) in [5.74, 6) is -0.363. The van der Waals surface area contributed by atoms with Crippen molar-refractivity contribution in [3.8, 4) is 5.75 Å². The summed E-state index contributed by atoms with van der Waals surface area (Å²) in [4.78, 5) is 26.3. The molecule has 0 atom stereocenters. The number of halogens is 1. The lowest BCUT2D eigenvalue weighted by molar-refractivity contribution is -0.120. The van der Waals surface area contributed by atoms with Crippen LogP contribution in [0.25, 0.3) is 0 Å². The Morgan fingerprint density at radius 1 is 1.00 bits per heavy atom. The molecular weight excluding hydrogens is 352 g/mol. The van der Waals surface area contributed by atoms with E-state index in [0.29, 0.717) is 23.7 Å². The number of benzene rings is 2. The smallest absolute Gasteiger partial charge is 0.283 e. The standard InChI is InChI=1S/C20H19ClN2O3/c1-4-26-16-9-7-15(8-10-16)23-19(24)17(21)18(20(23)25)22-14-6-5-12(2)13(3)11-14/h5-11,22H,4H2,1-3H3. The molecule has 134 valence electrons. The van der Waals surface area contributed by atoms with Gasteiger partial charge in [0.2, 0.25) is 0 Å². The zero-order valence-electron chi connectivity index (χ0n) is 14.8. The van der Waals surface area contributed by atoms with E-state index in [1.807, 2.05) is 39.0 Å². The summed E-state index contributed by atoms with van der Waals surface area (Å²) in [6.07, 6.45) is 0. The molecule has 0 aliphatic carbocycles. The highest BCUT2D eigenvalue weighted by atomic mass is 35.5. The number of carbonyl (C=O) groups excluding carboxylic acids is 2. The second kappa shape index (κ2) is 7.22. The molecule has 0 bridgehead atoms. The van der Waals surface area contributed by atoms with Gasteiger partial charge in [0.25, 0.3) is 11.8 Å². The number of carbonyl (C=O) groups is 2. The lowest BCUT2D eigenvalue weighted by atomic mass is 10.1. The fraction of sp³-hybridized carbons (Fsp3) is 0.200. The molecule has 0 fully saturated rings. The maximum absolute atomic E-state index is 12.8. The fourth-order valence-electron chi connectivity index (χ4n) is 2.67. The van der Waals surface area contributed by atoms with Gasteiger partial charge in [0, 0.05) is 5.69 Å². The van der Waals surface area contributed by atoms with Crippen LogP contribution in [-0.4, -0.2) is 18.4 Å². The van der Waals surface area contributed by atoms with Gasteiger partial charge in [-0.05, 0) is 68.3 Å². The van der Waals surface area contributed by atoms with Crippen molar-refractivity contribution in [1.29, 1.82) is 0 Å². The van der Waals surface area contributed by atoms with Crippen LogP contribution in [0.5, 0.6) is 5.75 Å². The number of imide groups is 1. The lowest BCUT2D eigenvalue weighted by Gasteiger charge is -2.16. The highest BCUT2D eigenvalue weighted by molar-refractivity contribution is 6.53. The molecular formula is C20H19ClN2O3. The SMILES string of the molecule is CCOc1ccc(N2C(=O)C(Cl)=C(Nc3ccc(C)c(C)c3)C2=O)cc1. The molecule has 2 aromatic rings. The number of rotatable bonds is 5. The largest absolute Gasteiger partial charge is 0.494 e. The van der Waals surface area contributed by atoms with Gasteiger partial charge < -0.3 is 10.1 Å². The zero-order chi connectivity index (χ0) is 18.8. The predicted octanol–water partition coefficient (Wildman–Crippen LogP) is 4.14. The normalized spacial score (nSPS) is 14.2. The Morgan fingerprint density at radius 3 is 2.31 bits per heavy atom. The number of hydrogen-bond donors (Lipinski definition) is 1. The predicted molar refractivity (Wildman–Crippen MR) is 103 cm³/mol. The first-order chi connectivity index (χ1) is 12.4. The Hall–Kier alpha value is -2.79. The average molecular weight is 371 g/mol. The van der Waals surface area contributed by atoms with Gasteiger partial charge >= 0.3 is 0 Å². The highest BCUT2D eigenvalue weighted by Crippen LogP contribution is 2.31. The molecule has 1 heterocycles. The second-order valence-corrected chi connectivity index (χ2v) is 6.36. The van der Waals surface area contributed by atoms with Crippen LogP contribution < -0.4 is 15.0 Å². The molecule has 3 rings (SSSR count). The van der Waals surface area contributed by atoms with Crippen LogP contribution in [0.15, 0.2) is 53.2 Å². The van der Waals surface area contributed by atoms with Crippen molar-refractivity contribution in [2.45, 2.75) is 20.8 Å². The molecule has 1 aliphatic rings. The maximum atomic E-state index is 12.8. The molecule has 0 aromatic heterocycles. The summed E-state index contributed by atoms with van der Waals surface area (Å²) in [5.41, 5.74) is 3.44. The van der Waals surface area contributed by atoms with Crippen LogP contribution in [0, 0.1) is 13.8 Å². The fourth-order valence-corrected chi connectivity index (χ4v) is 2.88. The molecule has 0 saturated heterocycles. The monoisotopic (exact) mass is 370 g/mol. The molecule has 6 heteroatoms. The van der Waals surface area contributed by atoms with Crippen molar-refractivity contribution in [3.63, 3.8) is 0 Å². The third-order valence-electron chi connectivity index (χ3n) is 4.21. The van der Waals surface area contributed by atoms with Crippen LogP contribution in [0.4, 0.5) is 11.4 Å². The summed E-state index contributed by atoms with van der Waals surface area (Å²) in [5, 5.41) is 2.86. The Kier molecular flexibility index (Phi) is 5.00. The van der Waals surface area contributed by atoms with E-state index in [4.69, 9.17) is 16.3 Å². The van der Waals surface area contributed by atoms with E-state index in [2.05, 4.69) is 5.32 Å². The molecule has 2 amide bonds. The molecule has 0 saturated carbocycles. The highest BCUT2D eigenvalue weighted by Gasteiger charge is 2.38. The van der Waals surface area contributed by atoms with E-state index in [-0.39, 0.29) is 10.7 Å². The van der Waals surface area contributed by atoms with Gasteiger partial charge in [-0.3, -0.25) is 9.59 Å². The third kappa shape index (κ3) is 3.30. The van der Waals surface area contributed by atoms with Crippen molar-refractivity contribution in [1.82, 2.24) is 0 Å². The zero-order valence-corrected chi connectivity index (χ0v) is 15.6. The van der Waals surface area contributed by atoms with E-state index >= 15 is 0 Å². The first-order valence-corrected chi connectivity index (χ1v) is 8.66. The first kappa shape index (κ1) is 18.0. The van der Waals surface area contributed by atoms with Gasteiger partial charge in [-0.2, -0.15) is 0 Å². The van der Waals surface area contributed by atoms with Gasteiger partial charge in [-0.25, -0.2) is 4.90 Å². The van der Waals surface area contributed by atoms with Gasteiger partial charge in [0.1, 0.15) is 16.5 Å². The molecule has 5 nitrogen and oxygen atoms in total. The summed E-state index contributed by atoms with van der Waals surface area (Å²) in [6, 6.07) is 12.4. The van der Waals surface area contributed by atoms with Gasteiger partial charge in [-0.1, -0.05) is 17.7 Å². The van der Waals surface area contributed by atoms with Gasteiger partial charge in [0.15, 0.2) is 0 Å². The maximum Gasteiger partial charge on any atom is 0.283 e. The Balaban J connectivity index is 1.85. The van der Waals surface area contributed by atoms with Crippen molar-refractivity contribution >= 4 is 34.8 Å². The van der Waals surface area contributed by atoms with Gasteiger partial charge in [-0.15, -0.1) is 0 Å². The first-order valence-electron chi connectivity index (χ1n) is 8.28. The van der Waals surface area contributed by atoms with Crippen molar-refractivity contribution in [2.24, 2.45) is 0 Å². The summed E-state index contributed by atoms with van der Waals surface area (Å²) < 4.78 is 5.38. The number of hydrogen-bond acceptors (Lipinski definition) is 4. The molecule has 26 heavy (non-hydrogen) atoms. The van der Waals surface area contributed by atoms with Crippen molar-refractivity contribution < 1.29 is 14.3 Å². The summed E-state index contributed by atoms with van der Waals surface area (Å²) in [7, 11) is 0. The van der Waals surface area contributed by atoms with E-state index in [1.54, 1.807) is 24.3 Å². The van der Waals surface area contributed by atoms with Crippen LogP contribution in [-0.2, 0) is 9.59 Å². The average Bonchev–Trinajstić information content (AvgIpc) is 2.83. The van der Waals surface area contributed by atoms with Crippen LogP contribution in [0.2, 0.25) is 0 Å². The minimum absolute atomic E-state index is 0.0776.